The summed E-state index contributed by atoms with van der Waals surface area (Å²) in [4.78, 5) is 10.5. The summed E-state index contributed by atoms with van der Waals surface area (Å²) in [7, 11) is 0. The first-order valence-electron chi connectivity index (χ1n) is 5.39. The highest BCUT2D eigenvalue weighted by atomic mass is 16.8. The Hall–Kier alpha value is -0.730. The molecule has 2 rings (SSSR count). The van der Waals surface area contributed by atoms with E-state index in [-0.39, 0.29) is 0 Å². The van der Waals surface area contributed by atoms with E-state index in [9.17, 15) is 15.0 Å². The highest BCUT2D eigenvalue weighted by molar-refractivity contribution is 5.67. The van der Waals surface area contributed by atoms with Crippen LogP contribution in [0.1, 0.15) is 20.3 Å². The Kier molecular flexibility index (Phi) is 3.13. The summed E-state index contributed by atoms with van der Waals surface area (Å²) in [6.07, 6.45) is -5.35. The molecule has 3 N–H and O–H groups in total. The van der Waals surface area contributed by atoms with Gasteiger partial charge in [0.1, 0.15) is 18.3 Å². The molecule has 0 unspecified atom stereocenters. The van der Waals surface area contributed by atoms with Crippen LogP contribution in [-0.4, -0.2) is 57.8 Å². The topological polar surface area (TPSA) is 105 Å². The SMILES string of the molecule is CC1(C)O[C@H]2O[C@H]([C@H](O)CC(=O)O)[C@H](O)[C@H]2O1. The molecule has 0 spiro atoms. The number of ether oxygens (including phenoxy) is 3. The van der Waals surface area contributed by atoms with Gasteiger partial charge in [-0.3, -0.25) is 4.79 Å². The summed E-state index contributed by atoms with van der Waals surface area (Å²) in [5.41, 5.74) is 0. The maximum Gasteiger partial charge on any atom is 0.306 e. The third-order valence-corrected chi connectivity index (χ3v) is 2.82. The number of aliphatic hydroxyl groups excluding tert-OH is 2. The van der Waals surface area contributed by atoms with Crippen molar-refractivity contribution in [3.8, 4) is 0 Å². The van der Waals surface area contributed by atoms with Gasteiger partial charge in [0.25, 0.3) is 0 Å². The van der Waals surface area contributed by atoms with Crippen molar-refractivity contribution < 1.29 is 34.3 Å². The van der Waals surface area contributed by atoms with Crippen LogP contribution in [0.15, 0.2) is 0 Å². The molecule has 0 bridgehead atoms. The minimum absolute atomic E-state index is 0.495. The van der Waals surface area contributed by atoms with Gasteiger partial charge in [-0.25, -0.2) is 0 Å². The Labute approximate surface area is 97.9 Å². The maximum atomic E-state index is 10.5. The van der Waals surface area contributed by atoms with Crippen LogP contribution < -0.4 is 0 Å². The van der Waals surface area contributed by atoms with Gasteiger partial charge < -0.3 is 29.5 Å². The summed E-state index contributed by atoms with van der Waals surface area (Å²) >= 11 is 0. The van der Waals surface area contributed by atoms with Crippen LogP contribution in [-0.2, 0) is 19.0 Å². The van der Waals surface area contributed by atoms with Crippen molar-refractivity contribution in [2.75, 3.05) is 0 Å². The van der Waals surface area contributed by atoms with Gasteiger partial charge in [-0.05, 0) is 13.8 Å². The number of rotatable bonds is 3. The molecule has 98 valence electrons. The third kappa shape index (κ3) is 2.43. The fourth-order valence-corrected chi connectivity index (χ4v) is 2.13. The Morgan fingerprint density at radius 2 is 2.06 bits per heavy atom. The molecule has 0 saturated carbocycles. The molecule has 2 saturated heterocycles. The first-order chi connectivity index (χ1) is 7.80. The summed E-state index contributed by atoms with van der Waals surface area (Å²) in [6, 6.07) is 0. The van der Waals surface area contributed by atoms with Crippen molar-refractivity contribution in [2.24, 2.45) is 0 Å². The number of fused-ring (bicyclic) bond motifs is 1. The van der Waals surface area contributed by atoms with Crippen molar-refractivity contribution in [2.45, 2.75) is 56.8 Å². The van der Waals surface area contributed by atoms with E-state index < -0.39 is 48.9 Å². The Balaban J connectivity index is 2.00. The van der Waals surface area contributed by atoms with Crippen LogP contribution in [0.25, 0.3) is 0 Å². The van der Waals surface area contributed by atoms with E-state index >= 15 is 0 Å². The quantitative estimate of drug-likeness (QED) is 0.591. The Morgan fingerprint density at radius 1 is 1.41 bits per heavy atom. The predicted molar refractivity (Wildman–Crippen MR) is 53.0 cm³/mol. The molecular formula is C10H16O7. The number of carboxylic acids is 1. The van der Waals surface area contributed by atoms with E-state index in [2.05, 4.69) is 0 Å². The van der Waals surface area contributed by atoms with E-state index in [1.54, 1.807) is 13.8 Å². The van der Waals surface area contributed by atoms with Crippen molar-refractivity contribution in [3.63, 3.8) is 0 Å². The zero-order valence-corrected chi connectivity index (χ0v) is 9.57. The molecule has 17 heavy (non-hydrogen) atoms. The van der Waals surface area contributed by atoms with E-state index in [0.717, 1.165) is 0 Å². The molecular weight excluding hydrogens is 232 g/mol. The Bertz CT molecular complexity index is 316. The van der Waals surface area contributed by atoms with Crippen LogP contribution in [0.4, 0.5) is 0 Å². The molecule has 0 amide bonds. The molecule has 2 heterocycles. The van der Waals surface area contributed by atoms with E-state index in [1.807, 2.05) is 0 Å². The van der Waals surface area contributed by atoms with Crippen LogP contribution in [0.2, 0.25) is 0 Å². The standard InChI is InChI=1S/C10H16O7/c1-10(2)16-8-6(14)7(15-9(8)17-10)4(11)3-5(12)13/h4,6-9,11,14H,3H2,1-2H3,(H,12,13)/t4-,6+,7-,8-,9-/m1/s1. The number of hydrogen-bond donors (Lipinski definition) is 3. The average molecular weight is 248 g/mol. The molecule has 0 aromatic rings. The second-order valence-corrected chi connectivity index (χ2v) is 4.73. The lowest BCUT2D eigenvalue weighted by atomic mass is 10.0. The van der Waals surface area contributed by atoms with Gasteiger partial charge in [-0.1, -0.05) is 0 Å². The number of hydrogen-bond acceptors (Lipinski definition) is 6. The summed E-state index contributed by atoms with van der Waals surface area (Å²) in [6.45, 7) is 3.37. The average Bonchev–Trinajstić information content (AvgIpc) is 2.60. The van der Waals surface area contributed by atoms with Gasteiger partial charge in [-0.2, -0.15) is 0 Å². The lowest BCUT2D eigenvalue weighted by Crippen LogP contribution is -2.41. The fraction of sp³-hybridized carbons (Fsp3) is 0.900. The van der Waals surface area contributed by atoms with Crippen LogP contribution in [0.5, 0.6) is 0 Å². The van der Waals surface area contributed by atoms with Crippen molar-refractivity contribution in [3.05, 3.63) is 0 Å². The number of carboxylic acid groups (broad SMARTS) is 1. The van der Waals surface area contributed by atoms with Crippen molar-refractivity contribution in [1.82, 2.24) is 0 Å². The molecule has 0 radical (unpaired) electrons. The third-order valence-electron chi connectivity index (χ3n) is 2.82. The molecule has 0 aliphatic carbocycles. The largest absolute Gasteiger partial charge is 0.481 e. The maximum absolute atomic E-state index is 10.5. The summed E-state index contributed by atoms with van der Waals surface area (Å²) in [5, 5.41) is 28.0. The second kappa shape index (κ2) is 4.18. The highest BCUT2D eigenvalue weighted by Gasteiger charge is 2.55. The molecule has 2 fully saturated rings. The monoisotopic (exact) mass is 248 g/mol. The molecule has 0 aromatic heterocycles. The van der Waals surface area contributed by atoms with Gasteiger partial charge in [0.15, 0.2) is 12.1 Å². The molecule has 7 heteroatoms. The molecule has 2 aliphatic rings. The first kappa shape index (κ1) is 12.7. The van der Waals surface area contributed by atoms with E-state index in [4.69, 9.17) is 19.3 Å². The number of aliphatic hydroxyl groups is 2. The summed E-state index contributed by atoms with van der Waals surface area (Å²) in [5.74, 6) is -2.01. The van der Waals surface area contributed by atoms with Crippen LogP contribution >= 0.6 is 0 Å². The molecule has 7 nitrogen and oxygen atoms in total. The van der Waals surface area contributed by atoms with E-state index in [1.165, 1.54) is 0 Å². The highest BCUT2D eigenvalue weighted by Crippen LogP contribution is 2.38. The number of aliphatic carboxylic acids is 1. The van der Waals surface area contributed by atoms with Crippen LogP contribution in [0, 0.1) is 0 Å². The Morgan fingerprint density at radius 3 is 2.59 bits per heavy atom. The van der Waals surface area contributed by atoms with Gasteiger partial charge in [0.2, 0.25) is 0 Å². The number of carbonyl (C=O) groups is 1. The van der Waals surface area contributed by atoms with Gasteiger partial charge in [0.05, 0.1) is 12.5 Å². The summed E-state index contributed by atoms with van der Waals surface area (Å²) < 4.78 is 16.1. The van der Waals surface area contributed by atoms with Crippen LogP contribution in [0.3, 0.4) is 0 Å². The first-order valence-corrected chi connectivity index (χ1v) is 5.39. The molecule has 5 atom stereocenters. The molecule has 0 aromatic carbocycles. The lowest BCUT2D eigenvalue weighted by Gasteiger charge is -2.25. The van der Waals surface area contributed by atoms with Crippen molar-refractivity contribution >= 4 is 5.97 Å². The smallest absolute Gasteiger partial charge is 0.306 e. The zero-order valence-electron chi connectivity index (χ0n) is 9.57. The van der Waals surface area contributed by atoms with Gasteiger partial charge in [0, 0.05) is 0 Å². The fourth-order valence-electron chi connectivity index (χ4n) is 2.13. The molecule has 2 aliphatic heterocycles. The normalized spacial score (nSPS) is 41.2. The lowest BCUT2D eigenvalue weighted by molar-refractivity contribution is -0.226. The predicted octanol–water partition coefficient (Wildman–Crippen LogP) is -0.941. The second-order valence-electron chi connectivity index (χ2n) is 4.73. The zero-order chi connectivity index (χ0) is 12.8. The minimum atomic E-state index is -1.29. The van der Waals surface area contributed by atoms with Gasteiger partial charge in [-0.15, -0.1) is 0 Å². The van der Waals surface area contributed by atoms with Crippen molar-refractivity contribution in [1.29, 1.82) is 0 Å². The minimum Gasteiger partial charge on any atom is -0.481 e. The van der Waals surface area contributed by atoms with Gasteiger partial charge >= 0.3 is 5.97 Å². The van der Waals surface area contributed by atoms with E-state index in [0.29, 0.717) is 0 Å².